The molecule has 4 rings (SSSR count). The molecule has 9 nitrogen and oxygen atoms in total. The van der Waals surface area contributed by atoms with Gasteiger partial charge in [-0.2, -0.15) is 5.10 Å². The van der Waals surface area contributed by atoms with E-state index < -0.39 is 6.04 Å². The highest BCUT2D eigenvalue weighted by atomic mass is 16.5. The number of benzene rings is 3. The number of nitrogens with zero attached hydrogens (tertiary/aromatic N) is 3. The molecule has 0 spiro atoms. The topological polar surface area (TPSA) is 82.1 Å². The summed E-state index contributed by atoms with van der Waals surface area (Å²) in [6, 6.07) is 16.5. The molecule has 0 saturated heterocycles. The molecule has 0 aliphatic carbocycles. The van der Waals surface area contributed by atoms with Crippen molar-refractivity contribution >= 4 is 17.3 Å². The number of amides is 1. The van der Waals surface area contributed by atoms with Crippen molar-refractivity contribution in [1.82, 2.24) is 5.01 Å². The number of carbonyl (C=O) groups excluding carboxylic acids is 1. The van der Waals surface area contributed by atoms with Crippen molar-refractivity contribution in [2.24, 2.45) is 5.10 Å². The van der Waals surface area contributed by atoms with Crippen LogP contribution in [0.15, 0.2) is 59.7 Å². The van der Waals surface area contributed by atoms with Gasteiger partial charge in [0, 0.05) is 43.4 Å². The van der Waals surface area contributed by atoms with Crippen molar-refractivity contribution in [3.8, 4) is 28.7 Å². The van der Waals surface area contributed by atoms with E-state index in [2.05, 4.69) is 0 Å². The molecule has 1 aliphatic heterocycles. The van der Waals surface area contributed by atoms with Gasteiger partial charge in [-0.1, -0.05) is 12.1 Å². The number of carbonyl (C=O) groups is 1. The SMILES string of the molecule is COc1ccc(C2CC(c3ccc(N(C)C)cc3)=NN2C(=O)c2cc(OC)c(OC)c(OC)c2)c(OC)c1. The van der Waals surface area contributed by atoms with E-state index in [1.807, 2.05) is 55.4 Å². The van der Waals surface area contributed by atoms with E-state index in [1.54, 1.807) is 32.4 Å². The molecule has 200 valence electrons. The molecule has 0 N–H and O–H groups in total. The largest absolute Gasteiger partial charge is 0.497 e. The molecule has 0 radical (unpaired) electrons. The predicted molar refractivity (Wildman–Crippen MR) is 146 cm³/mol. The fraction of sp³-hybridized carbons (Fsp3) is 0.310. The van der Waals surface area contributed by atoms with Crippen LogP contribution in [0.2, 0.25) is 0 Å². The van der Waals surface area contributed by atoms with E-state index in [-0.39, 0.29) is 5.91 Å². The molecule has 0 bridgehead atoms. The monoisotopic (exact) mass is 519 g/mol. The van der Waals surface area contributed by atoms with E-state index in [1.165, 1.54) is 26.3 Å². The number of ether oxygens (including phenoxy) is 5. The summed E-state index contributed by atoms with van der Waals surface area (Å²) in [5.74, 6) is 2.13. The van der Waals surface area contributed by atoms with Crippen LogP contribution in [-0.4, -0.2) is 66.3 Å². The third-order valence-corrected chi connectivity index (χ3v) is 6.55. The second-order valence-corrected chi connectivity index (χ2v) is 8.88. The number of methoxy groups -OCH3 is 5. The number of hydrazone groups is 1. The Hall–Kier alpha value is -4.40. The quantitative estimate of drug-likeness (QED) is 0.402. The van der Waals surface area contributed by atoms with Crippen LogP contribution in [0.4, 0.5) is 5.69 Å². The zero-order chi connectivity index (χ0) is 27.4. The van der Waals surface area contributed by atoms with Crippen LogP contribution in [0.3, 0.4) is 0 Å². The summed E-state index contributed by atoms with van der Waals surface area (Å²) in [7, 11) is 11.7. The van der Waals surface area contributed by atoms with Gasteiger partial charge in [-0.3, -0.25) is 4.79 Å². The highest BCUT2D eigenvalue weighted by Crippen LogP contribution is 2.42. The van der Waals surface area contributed by atoms with Gasteiger partial charge in [0.05, 0.1) is 47.3 Å². The predicted octanol–water partition coefficient (Wildman–Crippen LogP) is 4.79. The second kappa shape index (κ2) is 11.3. The van der Waals surface area contributed by atoms with Crippen LogP contribution >= 0.6 is 0 Å². The zero-order valence-corrected chi connectivity index (χ0v) is 22.8. The molecular formula is C29H33N3O6. The van der Waals surface area contributed by atoms with Gasteiger partial charge in [-0.05, 0) is 42.0 Å². The van der Waals surface area contributed by atoms with Gasteiger partial charge in [0.15, 0.2) is 11.5 Å². The lowest BCUT2D eigenvalue weighted by Crippen LogP contribution is -2.27. The summed E-state index contributed by atoms with van der Waals surface area (Å²) in [6.45, 7) is 0. The number of hydrogen-bond acceptors (Lipinski definition) is 8. The third kappa shape index (κ3) is 5.04. The minimum absolute atomic E-state index is 0.313. The average molecular weight is 520 g/mol. The second-order valence-electron chi connectivity index (χ2n) is 8.88. The summed E-state index contributed by atoms with van der Waals surface area (Å²) in [5.41, 5.74) is 3.97. The van der Waals surface area contributed by atoms with Crippen molar-refractivity contribution in [1.29, 1.82) is 0 Å². The Morgan fingerprint density at radius 2 is 1.45 bits per heavy atom. The molecule has 1 unspecified atom stereocenters. The fourth-order valence-electron chi connectivity index (χ4n) is 4.50. The summed E-state index contributed by atoms with van der Waals surface area (Å²) < 4.78 is 27.5. The van der Waals surface area contributed by atoms with E-state index in [9.17, 15) is 4.79 Å². The Morgan fingerprint density at radius 1 is 0.816 bits per heavy atom. The minimum atomic E-state index is -0.411. The van der Waals surface area contributed by atoms with Gasteiger partial charge in [-0.25, -0.2) is 5.01 Å². The fourth-order valence-corrected chi connectivity index (χ4v) is 4.50. The standard InChI is InChI=1S/C29H33N3O6/c1-31(2)20-10-8-18(9-11-20)23-17-24(22-13-12-21(34-3)16-25(22)35-4)32(30-23)29(33)19-14-26(36-5)28(38-7)27(15-19)37-6/h8-16,24H,17H2,1-7H3. The van der Waals surface area contributed by atoms with E-state index in [0.717, 1.165) is 22.5 Å². The number of anilines is 1. The van der Waals surface area contributed by atoms with Crippen LogP contribution in [0.25, 0.3) is 0 Å². The number of rotatable bonds is 9. The molecule has 1 aliphatic rings. The van der Waals surface area contributed by atoms with Gasteiger partial charge < -0.3 is 28.6 Å². The molecule has 38 heavy (non-hydrogen) atoms. The van der Waals surface area contributed by atoms with Gasteiger partial charge in [0.25, 0.3) is 5.91 Å². The summed E-state index contributed by atoms with van der Waals surface area (Å²) in [5, 5.41) is 6.33. The van der Waals surface area contributed by atoms with Crippen molar-refractivity contribution in [2.45, 2.75) is 12.5 Å². The highest BCUT2D eigenvalue weighted by Gasteiger charge is 2.36. The molecule has 1 atom stereocenters. The molecule has 1 heterocycles. The van der Waals surface area contributed by atoms with E-state index in [0.29, 0.717) is 40.7 Å². The summed E-state index contributed by atoms with van der Waals surface area (Å²) in [4.78, 5) is 16.0. The van der Waals surface area contributed by atoms with Gasteiger partial charge in [-0.15, -0.1) is 0 Å². The zero-order valence-electron chi connectivity index (χ0n) is 22.8. The maximum Gasteiger partial charge on any atom is 0.274 e. The molecule has 0 fully saturated rings. The Balaban J connectivity index is 1.81. The third-order valence-electron chi connectivity index (χ3n) is 6.55. The van der Waals surface area contributed by atoms with Crippen molar-refractivity contribution in [2.75, 3.05) is 54.5 Å². The molecule has 1 amide bonds. The van der Waals surface area contributed by atoms with Crippen LogP contribution in [0.5, 0.6) is 28.7 Å². The van der Waals surface area contributed by atoms with E-state index >= 15 is 0 Å². The Labute approximate surface area is 223 Å². The molecule has 3 aromatic rings. The molecule has 3 aromatic carbocycles. The van der Waals surface area contributed by atoms with Crippen LogP contribution in [0, 0.1) is 0 Å². The van der Waals surface area contributed by atoms with E-state index in [4.69, 9.17) is 28.8 Å². The lowest BCUT2D eigenvalue weighted by Gasteiger charge is -2.24. The normalized spacial score (nSPS) is 14.6. The van der Waals surface area contributed by atoms with Crippen molar-refractivity contribution in [3.63, 3.8) is 0 Å². The average Bonchev–Trinajstić information content (AvgIpc) is 3.40. The molecule has 0 aromatic heterocycles. The molecule has 0 saturated carbocycles. The first-order chi connectivity index (χ1) is 18.3. The Bertz CT molecular complexity index is 1310. The maximum absolute atomic E-state index is 14.0. The van der Waals surface area contributed by atoms with Gasteiger partial charge in [0.1, 0.15) is 11.5 Å². The van der Waals surface area contributed by atoms with Crippen LogP contribution in [0.1, 0.15) is 33.9 Å². The molecular weight excluding hydrogens is 486 g/mol. The van der Waals surface area contributed by atoms with Gasteiger partial charge in [0.2, 0.25) is 5.75 Å². The van der Waals surface area contributed by atoms with Crippen molar-refractivity contribution < 1.29 is 28.5 Å². The lowest BCUT2D eigenvalue weighted by atomic mass is 9.97. The summed E-state index contributed by atoms with van der Waals surface area (Å²) in [6.07, 6.45) is 0.500. The van der Waals surface area contributed by atoms with Crippen LogP contribution < -0.4 is 28.6 Å². The highest BCUT2D eigenvalue weighted by molar-refractivity contribution is 6.05. The summed E-state index contributed by atoms with van der Waals surface area (Å²) >= 11 is 0. The van der Waals surface area contributed by atoms with Gasteiger partial charge >= 0.3 is 0 Å². The first-order valence-corrected chi connectivity index (χ1v) is 12.1. The van der Waals surface area contributed by atoms with Crippen LogP contribution in [-0.2, 0) is 0 Å². The lowest BCUT2D eigenvalue weighted by molar-refractivity contribution is 0.0708. The minimum Gasteiger partial charge on any atom is -0.497 e. The first-order valence-electron chi connectivity index (χ1n) is 12.1. The Kier molecular flexibility index (Phi) is 7.95. The first kappa shape index (κ1) is 26.7. The smallest absolute Gasteiger partial charge is 0.274 e. The molecule has 9 heteroatoms. The Morgan fingerprint density at radius 3 is 1.97 bits per heavy atom. The number of hydrogen-bond donors (Lipinski definition) is 0. The maximum atomic E-state index is 14.0. The van der Waals surface area contributed by atoms with Crippen molar-refractivity contribution in [3.05, 3.63) is 71.3 Å².